The lowest BCUT2D eigenvalue weighted by molar-refractivity contribution is 0.0329. The van der Waals surface area contributed by atoms with Gasteiger partial charge in [-0.25, -0.2) is 0 Å². The molecule has 1 aliphatic carbocycles. The Morgan fingerprint density at radius 3 is 2.88 bits per heavy atom. The lowest BCUT2D eigenvalue weighted by Crippen LogP contribution is -2.47. The Labute approximate surface area is 148 Å². The van der Waals surface area contributed by atoms with E-state index in [1.807, 2.05) is 16.8 Å². The number of aryl methyl sites for hydroxylation is 2. The number of ether oxygens (including phenoxy) is 1. The molecule has 2 aliphatic rings. The van der Waals surface area contributed by atoms with Crippen LogP contribution in [0.3, 0.4) is 0 Å². The molecule has 2 aromatic rings. The van der Waals surface area contributed by atoms with Gasteiger partial charge in [-0.3, -0.25) is 9.48 Å². The van der Waals surface area contributed by atoms with Crippen molar-refractivity contribution in [1.29, 1.82) is 0 Å². The summed E-state index contributed by atoms with van der Waals surface area (Å²) in [5.41, 5.74) is 3.07. The highest BCUT2D eigenvalue weighted by atomic mass is 16.5. The van der Waals surface area contributed by atoms with Gasteiger partial charge in [0, 0.05) is 19.3 Å². The van der Waals surface area contributed by atoms with Crippen molar-refractivity contribution in [3.05, 3.63) is 53.3 Å². The van der Waals surface area contributed by atoms with E-state index in [9.17, 15) is 4.79 Å². The van der Waals surface area contributed by atoms with Gasteiger partial charge in [0.25, 0.3) is 5.91 Å². The number of hydrogen-bond donors (Lipinski definition) is 1. The van der Waals surface area contributed by atoms with Crippen LogP contribution in [0.1, 0.15) is 53.3 Å². The van der Waals surface area contributed by atoms with Crippen LogP contribution in [0.2, 0.25) is 0 Å². The summed E-state index contributed by atoms with van der Waals surface area (Å²) in [6.07, 6.45) is 5.11. The molecule has 1 amide bonds. The summed E-state index contributed by atoms with van der Waals surface area (Å²) in [6.45, 7) is 0.922. The minimum Gasteiger partial charge on any atom is -0.379 e. The molecule has 132 valence electrons. The normalized spacial score (nSPS) is 25.6. The van der Waals surface area contributed by atoms with Crippen molar-refractivity contribution < 1.29 is 9.53 Å². The number of benzene rings is 1. The van der Waals surface area contributed by atoms with E-state index in [0.29, 0.717) is 11.6 Å². The second-order valence-electron chi connectivity index (χ2n) is 7.12. The van der Waals surface area contributed by atoms with E-state index >= 15 is 0 Å². The highest BCUT2D eigenvalue weighted by Crippen LogP contribution is 2.34. The number of carbonyl (C=O) groups is 1. The number of nitrogens with one attached hydrogen (secondary N) is 1. The van der Waals surface area contributed by atoms with Crippen LogP contribution in [-0.4, -0.2) is 34.9 Å². The van der Waals surface area contributed by atoms with Gasteiger partial charge >= 0.3 is 0 Å². The van der Waals surface area contributed by atoms with E-state index in [-0.39, 0.29) is 18.1 Å². The molecule has 1 N–H and O–H groups in total. The van der Waals surface area contributed by atoms with Crippen molar-refractivity contribution >= 4 is 5.91 Å². The van der Waals surface area contributed by atoms with E-state index in [4.69, 9.17) is 4.74 Å². The first-order valence-corrected chi connectivity index (χ1v) is 9.20. The van der Waals surface area contributed by atoms with E-state index in [1.54, 1.807) is 7.11 Å². The third-order valence-electron chi connectivity index (χ3n) is 5.58. The smallest absolute Gasteiger partial charge is 0.272 e. The fourth-order valence-corrected chi connectivity index (χ4v) is 4.20. The van der Waals surface area contributed by atoms with E-state index < -0.39 is 0 Å². The maximum atomic E-state index is 12.6. The number of nitrogens with zero attached hydrogens (tertiary/aromatic N) is 2. The molecule has 0 radical (unpaired) electrons. The first-order chi connectivity index (χ1) is 12.2. The number of rotatable bonds is 4. The summed E-state index contributed by atoms with van der Waals surface area (Å²) in [6, 6.07) is 12.6. The summed E-state index contributed by atoms with van der Waals surface area (Å²) in [5, 5.41) is 7.59. The van der Waals surface area contributed by atoms with E-state index in [1.165, 1.54) is 11.3 Å². The number of methoxy groups -OCH3 is 1. The van der Waals surface area contributed by atoms with Crippen molar-refractivity contribution in [2.45, 2.75) is 56.7 Å². The van der Waals surface area contributed by atoms with Crippen molar-refractivity contribution in [3.63, 3.8) is 0 Å². The SMILES string of the molecule is CO[C@@H]1C[C@H](c2ccccc2)CC[C@@H]1NC(=O)c1cc2n(n1)CCC2. The fraction of sp³-hybridized carbons (Fsp3) is 0.500. The quantitative estimate of drug-likeness (QED) is 0.932. The molecule has 1 aliphatic heterocycles. The molecule has 5 heteroatoms. The van der Waals surface area contributed by atoms with Crippen LogP contribution in [-0.2, 0) is 17.7 Å². The largest absolute Gasteiger partial charge is 0.379 e. The molecule has 1 aromatic carbocycles. The lowest BCUT2D eigenvalue weighted by Gasteiger charge is -2.35. The van der Waals surface area contributed by atoms with Crippen LogP contribution in [0.25, 0.3) is 0 Å². The Morgan fingerprint density at radius 2 is 2.12 bits per heavy atom. The van der Waals surface area contributed by atoms with Gasteiger partial charge in [-0.2, -0.15) is 5.10 Å². The van der Waals surface area contributed by atoms with Gasteiger partial charge in [0.2, 0.25) is 0 Å². The summed E-state index contributed by atoms with van der Waals surface area (Å²) >= 11 is 0. The highest BCUT2D eigenvalue weighted by molar-refractivity contribution is 5.92. The fourth-order valence-electron chi connectivity index (χ4n) is 4.20. The molecular formula is C20H25N3O2. The number of amides is 1. The maximum Gasteiger partial charge on any atom is 0.272 e. The molecule has 25 heavy (non-hydrogen) atoms. The number of carbonyl (C=O) groups excluding carboxylic acids is 1. The van der Waals surface area contributed by atoms with Crippen molar-refractivity contribution in [3.8, 4) is 0 Å². The van der Waals surface area contributed by atoms with E-state index in [0.717, 1.165) is 38.6 Å². The number of aromatic nitrogens is 2. The summed E-state index contributed by atoms with van der Waals surface area (Å²) in [7, 11) is 1.74. The molecule has 0 bridgehead atoms. The molecule has 0 spiro atoms. The Hall–Kier alpha value is -2.14. The molecule has 5 nitrogen and oxygen atoms in total. The molecule has 2 heterocycles. The van der Waals surface area contributed by atoms with Gasteiger partial charge in [-0.1, -0.05) is 30.3 Å². The van der Waals surface area contributed by atoms with Crippen molar-refractivity contribution in [2.24, 2.45) is 0 Å². The topological polar surface area (TPSA) is 56.1 Å². The molecule has 0 unspecified atom stereocenters. The van der Waals surface area contributed by atoms with Gasteiger partial charge in [-0.05, 0) is 49.7 Å². The zero-order valence-corrected chi connectivity index (χ0v) is 14.6. The monoisotopic (exact) mass is 339 g/mol. The zero-order valence-electron chi connectivity index (χ0n) is 14.6. The van der Waals surface area contributed by atoms with Crippen LogP contribution < -0.4 is 5.32 Å². The summed E-state index contributed by atoms with van der Waals surface area (Å²) in [5.74, 6) is 0.419. The zero-order chi connectivity index (χ0) is 17.2. The average Bonchev–Trinajstić information content (AvgIpc) is 3.25. The Kier molecular flexibility index (Phi) is 4.57. The first kappa shape index (κ1) is 16.3. The standard InChI is InChI=1S/C20H25N3O2/c1-25-19-12-15(14-6-3-2-4-7-14)9-10-17(19)21-20(24)18-13-16-8-5-11-23(16)22-18/h2-4,6-7,13,15,17,19H,5,8-12H2,1H3,(H,21,24)/t15-,17+,19-/m1/s1. The van der Waals surface area contributed by atoms with Gasteiger partial charge in [0.05, 0.1) is 12.1 Å². The highest BCUT2D eigenvalue weighted by Gasteiger charge is 2.33. The van der Waals surface area contributed by atoms with Crippen molar-refractivity contribution in [1.82, 2.24) is 15.1 Å². The molecule has 0 saturated heterocycles. The molecule has 1 fully saturated rings. The Morgan fingerprint density at radius 1 is 1.28 bits per heavy atom. The second-order valence-corrected chi connectivity index (χ2v) is 7.12. The third kappa shape index (κ3) is 3.33. The average molecular weight is 339 g/mol. The molecule has 1 saturated carbocycles. The second kappa shape index (κ2) is 7.00. The van der Waals surface area contributed by atoms with Crippen LogP contribution in [0.5, 0.6) is 0 Å². The van der Waals surface area contributed by atoms with Crippen LogP contribution in [0.4, 0.5) is 0 Å². The maximum absolute atomic E-state index is 12.6. The molecule has 1 aromatic heterocycles. The summed E-state index contributed by atoms with van der Waals surface area (Å²) < 4.78 is 7.67. The minimum absolute atomic E-state index is 0.0392. The van der Waals surface area contributed by atoms with Crippen LogP contribution in [0, 0.1) is 0 Å². The van der Waals surface area contributed by atoms with Crippen molar-refractivity contribution in [2.75, 3.05) is 7.11 Å². The van der Waals surface area contributed by atoms with Gasteiger partial charge in [0.15, 0.2) is 0 Å². The van der Waals surface area contributed by atoms with Crippen LogP contribution in [0.15, 0.2) is 36.4 Å². The lowest BCUT2D eigenvalue weighted by atomic mass is 9.80. The predicted molar refractivity (Wildman–Crippen MR) is 95.6 cm³/mol. The first-order valence-electron chi connectivity index (χ1n) is 9.20. The van der Waals surface area contributed by atoms with Gasteiger partial charge in [0.1, 0.15) is 5.69 Å². The molecular weight excluding hydrogens is 314 g/mol. The molecule has 3 atom stereocenters. The van der Waals surface area contributed by atoms with Crippen LogP contribution >= 0.6 is 0 Å². The number of fused-ring (bicyclic) bond motifs is 1. The summed E-state index contributed by atoms with van der Waals surface area (Å²) in [4.78, 5) is 12.6. The molecule has 4 rings (SSSR count). The van der Waals surface area contributed by atoms with Gasteiger partial charge < -0.3 is 10.1 Å². The van der Waals surface area contributed by atoms with Gasteiger partial charge in [-0.15, -0.1) is 0 Å². The number of hydrogen-bond acceptors (Lipinski definition) is 3. The Balaban J connectivity index is 1.41. The minimum atomic E-state index is -0.0767. The third-order valence-corrected chi connectivity index (χ3v) is 5.58. The predicted octanol–water partition coefficient (Wildman–Crippen LogP) is 2.91. The van der Waals surface area contributed by atoms with E-state index in [2.05, 4.69) is 34.7 Å². The Bertz CT molecular complexity index is 719.